The summed E-state index contributed by atoms with van der Waals surface area (Å²) in [6.07, 6.45) is 0. The predicted octanol–water partition coefficient (Wildman–Crippen LogP) is 5.04. The number of carbonyl (C=O) groups excluding carboxylic acids is 1. The second-order valence-electron chi connectivity index (χ2n) is 7.11. The zero-order valence-electron chi connectivity index (χ0n) is 16.8. The van der Waals surface area contributed by atoms with Crippen LogP contribution in [0.25, 0.3) is 0 Å². The van der Waals surface area contributed by atoms with Crippen LogP contribution in [0.1, 0.15) is 15.9 Å². The van der Waals surface area contributed by atoms with Crippen LogP contribution in [0.15, 0.2) is 66.7 Å². The molecule has 0 spiro atoms. The highest BCUT2D eigenvalue weighted by atomic mass is 35.5. The number of hydrogen-bond acceptors (Lipinski definition) is 5. The third-order valence-electron chi connectivity index (χ3n) is 5.00. The molecule has 1 aliphatic heterocycles. The maximum Gasteiger partial charge on any atom is 0.255 e. The summed E-state index contributed by atoms with van der Waals surface area (Å²) >= 11 is 6.30. The molecular weight excluding hydrogens is 412 g/mol. The van der Waals surface area contributed by atoms with Crippen LogP contribution in [0.4, 0.5) is 22.7 Å². The molecule has 4 rings (SSSR count). The largest absolute Gasteiger partial charge is 0.378 e. The summed E-state index contributed by atoms with van der Waals surface area (Å²) in [6.45, 7) is 3.21. The molecule has 0 saturated carbocycles. The number of ether oxygens (including phenoxy) is 1. The molecule has 3 aromatic carbocycles. The van der Waals surface area contributed by atoms with E-state index in [9.17, 15) is 4.79 Å². The number of amides is 1. The molecule has 0 aliphatic carbocycles. The van der Waals surface area contributed by atoms with Crippen molar-refractivity contribution in [2.45, 2.75) is 0 Å². The van der Waals surface area contributed by atoms with Gasteiger partial charge in [0.25, 0.3) is 5.91 Å². The maximum atomic E-state index is 12.6. The van der Waals surface area contributed by atoms with Gasteiger partial charge in [0, 0.05) is 35.7 Å². The summed E-state index contributed by atoms with van der Waals surface area (Å²) in [7, 11) is 0. The standard InChI is InChI=1S/C24H21ClN4O2/c25-22-9-8-20(15-23(22)28-24(30)18-6-4-17(16-26)5-7-18)27-19-2-1-3-21(14-19)29-10-12-31-13-11-29/h1-9,14-15,27H,10-13H2,(H,28,30). The number of nitriles is 1. The molecule has 0 bridgehead atoms. The van der Waals surface area contributed by atoms with Gasteiger partial charge >= 0.3 is 0 Å². The molecule has 0 unspecified atom stereocenters. The van der Waals surface area contributed by atoms with E-state index >= 15 is 0 Å². The summed E-state index contributed by atoms with van der Waals surface area (Å²) in [4.78, 5) is 14.9. The zero-order chi connectivity index (χ0) is 21.6. The van der Waals surface area contributed by atoms with E-state index in [1.54, 1.807) is 36.4 Å². The van der Waals surface area contributed by atoms with E-state index in [4.69, 9.17) is 21.6 Å². The van der Waals surface area contributed by atoms with Crippen LogP contribution in [-0.2, 0) is 4.74 Å². The van der Waals surface area contributed by atoms with Crippen LogP contribution in [0, 0.1) is 11.3 Å². The number of rotatable bonds is 5. The quantitative estimate of drug-likeness (QED) is 0.590. The second kappa shape index (κ2) is 9.52. The first-order valence-electron chi connectivity index (χ1n) is 9.93. The number of benzene rings is 3. The van der Waals surface area contributed by atoms with E-state index < -0.39 is 0 Å². The molecule has 2 N–H and O–H groups in total. The second-order valence-corrected chi connectivity index (χ2v) is 7.52. The van der Waals surface area contributed by atoms with Gasteiger partial charge in [0.1, 0.15) is 0 Å². The van der Waals surface area contributed by atoms with Gasteiger partial charge in [-0.3, -0.25) is 4.79 Å². The number of halogens is 1. The highest BCUT2D eigenvalue weighted by Crippen LogP contribution is 2.29. The van der Waals surface area contributed by atoms with Crippen molar-refractivity contribution >= 4 is 40.3 Å². The number of carbonyl (C=O) groups is 1. The van der Waals surface area contributed by atoms with Gasteiger partial charge in [0.15, 0.2) is 0 Å². The summed E-state index contributed by atoms with van der Waals surface area (Å²) in [5, 5.41) is 15.6. The number of nitrogens with one attached hydrogen (secondary N) is 2. The van der Waals surface area contributed by atoms with Crippen LogP contribution in [0.5, 0.6) is 0 Å². The monoisotopic (exact) mass is 432 g/mol. The first kappa shape index (κ1) is 20.7. The molecule has 1 amide bonds. The van der Waals surface area contributed by atoms with E-state index in [2.05, 4.69) is 27.7 Å². The molecule has 3 aromatic rings. The number of morpholine rings is 1. The van der Waals surface area contributed by atoms with Gasteiger partial charge in [-0.15, -0.1) is 0 Å². The summed E-state index contributed by atoms with van der Waals surface area (Å²) < 4.78 is 5.43. The molecule has 6 nitrogen and oxygen atoms in total. The minimum absolute atomic E-state index is 0.294. The van der Waals surface area contributed by atoms with Crippen molar-refractivity contribution in [2.75, 3.05) is 41.8 Å². The van der Waals surface area contributed by atoms with Gasteiger partial charge in [-0.25, -0.2) is 0 Å². The van der Waals surface area contributed by atoms with Crippen molar-refractivity contribution in [2.24, 2.45) is 0 Å². The van der Waals surface area contributed by atoms with Gasteiger partial charge in [0.2, 0.25) is 0 Å². The first-order valence-corrected chi connectivity index (χ1v) is 10.3. The fourth-order valence-electron chi connectivity index (χ4n) is 3.36. The Morgan fingerprint density at radius 1 is 1.00 bits per heavy atom. The van der Waals surface area contributed by atoms with E-state index in [1.807, 2.05) is 24.3 Å². The van der Waals surface area contributed by atoms with Crippen molar-refractivity contribution in [1.29, 1.82) is 5.26 Å². The Hall–Kier alpha value is -3.53. The molecule has 1 heterocycles. The fraction of sp³-hybridized carbons (Fsp3) is 0.167. The highest BCUT2D eigenvalue weighted by molar-refractivity contribution is 6.34. The van der Waals surface area contributed by atoms with Gasteiger partial charge in [-0.05, 0) is 60.7 Å². The van der Waals surface area contributed by atoms with Gasteiger partial charge in [-0.1, -0.05) is 17.7 Å². The molecule has 1 fully saturated rings. The lowest BCUT2D eigenvalue weighted by Gasteiger charge is -2.29. The maximum absolute atomic E-state index is 12.6. The molecule has 1 aliphatic rings. The Bertz CT molecular complexity index is 1120. The van der Waals surface area contributed by atoms with Gasteiger partial charge < -0.3 is 20.3 Å². The van der Waals surface area contributed by atoms with E-state index in [-0.39, 0.29) is 5.91 Å². The zero-order valence-corrected chi connectivity index (χ0v) is 17.5. The fourth-order valence-corrected chi connectivity index (χ4v) is 3.52. The molecule has 156 valence electrons. The molecule has 0 radical (unpaired) electrons. The van der Waals surface area contributed by atoms with Crippen molar-refractivity contribution in [3.63, 3.8) is 0 Å². The Morgan fingerprint density at radius 3 is 2.48 bits per heavy atom. The molecule has 0 aromatic heterocycles. The number of hydrogen-bond donors (Lipinski definition) is 2. The molecular formula is C24H21ClN4O2. The van der Waals surface area contributed by atoms with Crippen molar-refractivity contribution < 1.29 is 9.53 Å². The molecule has 7 heteroatoms. The van der Waals surface area contributed by atoms with Crippen molar-refractivity contribution in [1.82, 2.24) is 0 Å². The van der Waals surface area contributed by atoms with Crippen molar-refractivity contribution in [3.05, 3.63) is 82.9 Å². The summed E-state index contributed by atoms with van der Waals surface area (Å²) in [5.74, 6) is -0.294. The molecule has 31 heavy (non-hydrogen) atoms. The topological polar surface area (TPSA) is 77.4 Å². The molecule has 1 saturated heterocycles. The van der Waals surface area contributed by atoms with Crippen LogP contribution < -0.4 is 15.5 Å². The van der Waals surface area contributed by atoms with E-state index in [0.717, 1.165) is 43.4 Å². The Labute approximate surface area is 186 Å². The normalized spacial score (nSPS) is 13.4. The third kappa shape index (κ3) is 5.15. The minimum atomic E-state index is -0.294. The van der Waals surface area contributed by atoms with Gasteiger partial charge in [-0.2, -0.15) is 5.26 Å². The minimum Gasteiger partial charge on any atom is -0.378 e. The average molecular weight is 433 g/mol. The number of anilines is 4. The van der Waals surface area contributed by atoms with Crippen LogP contribution in [0.2, 0.25) is 5.02 Å². The van der Waals surface area contributed by atoms with Gasteiger partial charge in [0.05, 0.1) is 35.6 Å². The first-order chi connectivity index (χ1) is 15.1. The van der Waals surface area contributed by atoms with Crippen LogP contribution in [-0.4, -0.2) is 32.2 Å². The van der Waals surface area contributed by atoms with E-state index in [0.29, 0.717) is 21.8 Å². The third-order valence-corrected chi connectivity index (χ3v) is 5.33. The lowest BCUT2D eigenvalue weighted by atomic mass is 10.1. The predicted molar refractivity (Wildman–Crippen MR) is 123 cm³/mol. The number of nitrogens with zero attached hydrogens (tertiary/aromatic N) is 2. The molecule has 0 atom stereocenters. The Balaban J connectivity index is 1.48. The summed E-state index contributed by atoms with van der Waals surface area (Å²) in [5.41, 5.74) is 4.34. The lowest BCUT2D eigenvalue weighted by molar-refractivity contribution is 0.102. The summed E-state index contributed by atoms with van der Waals surface area (Å²) in [6, 6.07) is 22.1. The van der Waals surface area contributed by atoms with E-state index in [1.165, 1.54) is 0 Å². The average Bonchev–Trinajstić information content (AvgIpc) is 2.82. The Kier molecular flexibility index (Phi) is 6.37. The van der Waals surface area contributed by atoms with Crippen molar-refractivity contribution in [3.8, 4) is 6.07 Å². The lowest BCUT2D eigenvalue weighted by Crippen LogP contribution is -2.36. The smallest absolute Gasteiger partial charge is 0.255 e. The van der Waals surface area contributed by atoms with Crippen LogP contribution >= 0.6 is 11.6 Å². The van der Waals surface area contributed by atoms with Crippen LogP contribution in [0.3, 0.4) is 0 Å². The highest BCUT2D eigenvalue weighted by Gasteiger charge is 2.12. The SMILES string of the molecule is N#Cc1ccc(C(=O)Nc2cc(Nc3cccc(N4CCOCC4)c3)ccc2Cl)cc1. The Morgan fingerprint density at radius 2 is 1.74 bits per heavy atom.